The highest BCUT2D eigenvalue weighted by atomic mass is 16.5. The van der Waals surface area contributed by atoms with Crippen molar-refractivity contribution in [1.29, 1.82) is 0 Å². The van der Waals surface area contributed by atoms with E-state index in [-0.39, 0.29) is 22.4 Å². The first-order valence-electron chi connectivity index (χ1n) is 9.05. The van der Waals surface area contributed by atoms with Crippen LogP contribution in [-0.2, 0) is 9.53 Å². The van der Waals surface area contributed by atoms with Crippen LogP contribution in [0, 0.1) is 22.7 Å². The zero-order valence-electron chi connectivity index (χ0n) is 15.3. The van der Waals surface area contributed by atoms with Crippen LogP contribution in [0.5, 0.6) is 0 Å². The smallest absolute Gasteiger partial charge is 0.167 e. The number of ketones is 1. The molecule has 3 aliphatic rings. The summed E-state index contributed by atoms with van der Waals surface area (Å²) in [6, 6.07) is 0. The maximum atomic E-state index is 12.5. The van der Waals surface area contributed by atoms with Crippen LogP contribution in [0.2, 0.25) is 0 Å². The van der Waals surface area contributed by atoms with E-state index in [9.17, 15) is 9.90 Å². The number of rotatable bonds is 1. The lowest BCUT2D eigenvalue weighted by molar-refractivity contribution is -0.255. The summed E-state index contributed by atoms with van der Waals surface area (Å²) in [4.78, 5) is 12.5. The van der Waals surface area contributed by atoms with Gasteiger partial charge in [0, 0.05) is 5.41 Å². The Bertz CT molecular complexity index is 539. The average molecular weight is 320 g/mol. The maximum Gasteiger partial charge on any atom is 0.167 e. The summed E-state index contributed by atoms with van der Waals surface area (Å²) in [6.45, 7) is 14.7. The molecule has 0 radical (unpaired) electrons. The molecule has 2 aliphatic carbocycles. The van der Waals surface area contributed by atoms with Crippen LogP contribution in [0.3, 0.4) is 0 Å². The lowest BCUT2D eigenvalue weighted by Gasteiger charge is -2.65. The number of aliphatic hydroxyl groups excluding tert-OH is 1. The van der Waals surface area contributed by atoms with Crippen molar-refractivity contribution in [2.75, 3.05) is 0 Å². The van der Waals surface area contributed by atoms with Gasteiger partial charge in [-0.05, 0) is 63.2 Å². The monoisotopic (exact) mass is 320 g/mol. The van der Waals surface area contributed by atoms with Crippen LogP contribution in [0.1, 0.15) is 66.7 Å². The molecule has 1 heterocycles. The SMILES string of the molecule is C=C[C@@]1(C)CC[C@H]2[C@@]3(C)C[C@H](O)C(=O)C(C)(C)[C@@H]3CC[C@]2(C)O1. The van der Waals surface area contributed by atoms with Crippen LogP contribution in [0.25, 0.3) is 0 Å². The summed E-state index contributed by atoms with van der Waals surface area (Å²) in [7, 11) is 0. The fourth-order valence-electron chi connectivity index (χ4n) is 6.37. The van der Waals surface area contributed by atoms with Crippen molar-refractivity contribution in [2.24, 2.45) is 22.7 Å². The second-order valence-electron chi connectivity index (χ2n) is 9.43. The molecule has 1 N–H and O–H groups in total. The molecule has 3 heteroatoms. The van der Waals surface area contributed by atoms with E-state index in [2.05, 4.69) is 27.4 Å². The average Bonchev–Trinajstić information content (AvgIpc) is 2.43. The van der Waals surface area contributed by atoms with Crippen LogP contribution in [-0.4, -0.2) is 28.2 Å². The third-order valence-corrected chi connectivity index (χ3v) is 7.53. The molecule has 0 aromatic rings. The van der Waals surface area contributed by atoms with Gasteiger partial charge in [-0.15, -0.1) is 6.58 Å². The molecule has 0 bridgehead atoms. The quantitative estimate of drug-likeness (QED) is 0.746. The molecule has 0 aromatic carbocycles. The Morgan fingerprint density at radius 3 is 2.35 bits per heavy atom. The third-order valence-electron chi connectivity index (χ3n) is 7.53. The molecule has 130 valence electrons. The van der Waals surface area contributed by atoms with E-state index in [0.29, 0.717) is 18.3 Å². The van der Waals surface area contributed by atoms with E-state index >= 15 is 0 Å². The second kappa shape index (κ2) is 4.92. The highest BCUT2D eigenvalue weighted by Gasteiger charge is 2.64. The number of Topliss-reactive ketones (excluding diaryl/α,β-unsaturated/α-hetero) is 1. The predicted molar refractivity (Wildman–Crippen MR) is 91.1 cm³/mol. The molecule has 3 rings (SSSR count). The zero-order chi connectivity index (χ0) is 17.3. The van der Waals surface area contributed by atoms with Crippen molar-refractivity contribution in [3.8, 4) is 0 Å². The summed E-state index contributed by atoms with van der Waals surface area (Å²) in [5, 5.41) is 10.4. The molecule has 6 atom stereocenters. The molecule has 1 saturated heterocycles. The molecular formula is C20H32O3. The first-order valence-corrected chi connectivity index (χ1v) is 9.05. The standard InChI is InChI=1S/C20H32O3/c1-7-18(4)10-8-15-19(5)12-13(21)16(22)17(2,3)14(19)9-11-20(15,6)23-18/h7,13-15,21H,1,8-12H2,2-6H3/t13-,14-,15-,18-,19-,20-/m0/s1. The van der Waals surface area contributed by atoms with Crippen molar-refractivity contribution in [3.05, 3.63) is 12.7 Å². The normalized spacial score (nSPS) is 52.4. The van der Waals surface area contributed by atoms with Crippen LogP contribution in [0.4, 0.5) is 0 Å². The summed E-state index contributed by atoms with van der Waals surface area (Å²) in [6.07, 6.45) is 5.69. The predicted octanol–water partition coefficient (Wildman–Crippen LogP) is 3.89. The minimum atomic E-state index is -0.832. The number of hydrogen-bond acceptors (Lipinski definition) is 3. The minimum absolute atomic E-state index is 0.0243. The molecule has 0 amide bonds. The summed E-state index contributed by atoms with van der Waals surface area (Å²) >= 11 is 0. The molecule has 0 aromatic heterocycles. The minimum Gasteiger partial charge on any atom is -0.385 e. The Morgan fingerprint density at radius 2 is 1.74 bits per heavy atom. The van der Waals surface area contributed by atoms with Gasteiger partial charge in [-0.1, -0.05) is 26.8 Å². The number of fused-ring (bicyclic) bond motifs is 3. The first-order chi connectivity index (χ1) is 10.5. The summed E-state index contributed by atoms with van der Waals surface area (Å²) in [5.41, 5.74) is -0.949. The van der Waals surface area contributed by atoms with Gasteiger partial charge in [0.15, 0.2) is 5.78 Å². The number of aliphatic hydroxyl groups is 1. The van der Waals surface area contributed by atoms with E-state index < -0.39 is 11.5 Å². The van der Waals surface area contributed by atoms with Crippen molar-refractivity contribution in [2.45, 2.75) is 84.0 Å². The van der Waals surface area contributed by atoms with Gasteiger partial charge in [0.25, 0.3) is 0 Å². The molecule has 0 spiro atoms. The zero-order valence-corrected chi connectivity index (χ0v) is 15.3. The number of hydrogen-bond donors (Lipinski definition) is 1. The number of ether oxygens (including phenoxy) is 1. The topological polar surface area (TPSA) is 46.5 Å². The number of carbonyl (C=O) groups is 1. The van der Waals surface area contributed by atoms with E-state index in [4.69, 9.17) is 4.74 Å². The Balaban J connectivity index is 2.00. The van der Waals surface area contributed by atoms with Gasteiger partial charge in [-0.25, -0.2) is 0 Å². The fraction of sp³-hybridized carbons (Fsp3) is 0.850. The summed E-state index contributed by atoms with van der Waals surface area (Å²) in [5.74, 6) is 0.723. The van der Waals surface area contributed by atoms with Gasteiger partial charge in [0.05, 0.1) is 11.2 Å². The molecule has 3 fully saturated rings. The Labute approximate surface area is 140 Å². The van der Waals surface area contributed by atoms with Gasteiger partial charge < -0.3 is 9.84 Å². The molecular weight excluding hydrogens is 288 g/mol. The van der Waals surface area contributed by atoms with Gasteiger partial charge in [0.1, 0.15) is 6.10 Å². The largest absolute Gasteiger partial charge is 0.385 e. The Morgan fingerprint density at radius 1 is 1.13 bits per heavy atom. The first kappa shape index (κ1) is 17.2. The third kappa shape index (κ3) is 2.26. The molecule has 2 saturated carbocycles. The highest BCUT2D eigenvalue weighted by Crippen LogP contribution is 2.64. The Kier molecular flexibility index (Phi) is 3.67. The van der Waals surface area contributed by atoms with Crippen LogP contribution >= 0.6 is 0 Å². The van der Waals surface area contributed by atoms with Crippen LogP contribution in [0.15, 0.2) is 12.7 Å². The lowest BCUT2D eigenvalue weighted by Crippen LogP contribution is -2.66. The van der Waals surface area contributed by atoms with Crippen molar-refractivity contribution < 1.29 is 14.6 Å². The van der Waals surface area contributed by atoms with E-state index in [1.165, 1.54) is 0 Å². The number of carbonyl (C=O) groups excluding carboxylic acids is 1. The Hall–Kier alpha value is -0.670. The molecule has 1 aliphatic heterocycles. The van der Waals surface area contributed by atoms with Crippen molar-refractivity contribution in [1.82, 2.24) is 0 Å². The van der Waals surface area contributed by atoms with Crippen LogP contribution < -0.4 is 0 Å². The van der Waals surface area contributed by atoms with E-state index in [0.717, 1.165) is 25.7 Å². The van der Waals surface area contributed by atoms with E-state index in [1.807, 2.05) is 19.9 Å². The van der Waals surface area contributed by atoms with E-state index in [1.54, 1.807) is 0 Å². The highest BCUT2D eigenvalue weighted by molar-refractivity contribution is 5.89. The van der Waals surface area contributed by atoms with Gasteiger partial charge in [-0.3, -0.25) is 4.79 Å². The van der Waals surface area contributed by atoms with Gasteiger partial charge >= 0.3 is 0 Å². The molecule has 3 nitrogen and oxygen atoms in total. The summed E-state index contributed by atoms with van der Waals surface area (Å²) < 4.78 is 6.57. The molecule has 23 heavy (non-hydrogen) atoms. The lowest BCUT2D eigenvalue weighted by atomic mass is 9.43. The van der Waals surface area contributed by atoms with Crippen molar-refractivity contribution >= 4 is 5.78 Å². The second-order valence-corrected chi connectivity index (χ2v) is 9.43. The van der Waals surface area contributed by atoms with Gasteiger partial charge in [0.2, 0.25) is 0 Å². The fourth-order valence-corrected chi connectivity index (χ4v) is 6.37. The van der Waals surface area contributed by atoms with Crippen molar-refractivity contribution in [3.63, 3.8) is 0 Å². The maximum absolute atomic E-state index is 12.5. The molecule has 0 unspecified atom stereocenters. The van der Waals surface area contributed by atoms with Gasteiger partial charge in [-0.2, -0.15) is 0 Å².